The summed E-state index contributed by atoms with van der Waals surface area (Å²) in [7, 11) is -3.24. The molecular weight excluding hydrogens is 312 g/mol. The van der Waals surface area contributed by atoms with Crippen molar-refractivity contribution in [2.45, 2.75) is 31.6 Å². The molecule has 1 aliphatic carbocycles. The Balaban J connectivity index is 1.61. The highest BCUT2D eigenvalue weighted by atomic mass is 32.2. The van der Waals surface area contributed by atoms with Crippen LogP contribution >= 0.6 is 11.3 Å². The van der Waals surface area contributed by atoms with Crippen molar-refractivity contribution in [2.24, 2.45) is 5.92 Å². The zero-order chi connectivity index (χ0) is 15.0. The predicted molar refractivity (Wildman–Crippen MR) is 79.7 cm³/mol. The van der Waals surface area contributed by atoms with Crippen LogP contribution in [-0.2, 0) is 14.8 Å². The second kappa shape index (κ2) is 5.62. The topological polar surface area (TPSA) is 92.3 Å². The van der Waals surface area contributed by atoms with Crippen molar-refractivity contribution in [3.05, 3.63) is 5.01 Å². The van der Waals surface area contributed by atoms with Gasteiger partial charge in [0.15, 0.2) is 0 Å². The molecule has 116 valence electrons. The zero-order valence-corrected chi connectivity index (χ0v) is 13.4. The second-order valence-electron chi connectivity index (χ2n) is 5.67. The van der Waals surface area contributed by atoms with Gasteiger partial charge in [0.1, 0.15) is 5.01 Å². The lowest BCUT2D eigenvalue weighted by molar-refractivity contribution is -0.120. The number of aromatic nitrogens is 2. The molecule has 1 aromatic heterocycles. The maximum atomic E-state index is 12.2. The third-order valence-corrected chi connectivity index (χ3v) is 6.09. The van der Waals surface area contributed by atoms with Gasteiger partial charge in [0, 0.05) is 19.0 Å². The Hall–Kier alpha value is -1.06. The summed E-state index contributed by atoms with van der Waals surface area (Å²) in [5.74, 6) is 0.0344. The lowest BCUT2D eigenvalue weighted by atomic mass is 9.99. The highest BCUT2D eigenvalue weighted by Crippen LogP contribution is 2.42. The Bertz CT molecular complexity index is 639. The van der Waals surface area contributed by atoms with Crippen LogP contribution in [-0.4, -0.2) is 48.2 Å². The van der Waals surface area contributed by atoms with Crippen LogP contribution in [0.3, 0.4) is 0 Å². The number of carbonyl (C=O) groups is 1. The summed E-state index contributed by atoms with van der Waals surface area (Å²) in [6.07, 6.45) is 4.88. The SMILES string of the molecule is CS(=O)(=O)N1CCCC(C(=O)Nc2nnc(C3CC3)s2)C1. The molecular formula is C12H18N4O3S2. The Labute approximate surface area is 127 Å². The molecule has 1 amide bonds. The van der Waals surface area contributed by atoms with Crippen molar-refractivity contribution in [3.8, 4) is 0 Å². The van der Waals surface area contributed by atoms with Crippen molar-refractivity contribution >= 4 is 32.4 Å². The first-order valence-electron chi connectivity index (χ1n) is 7.03. The number of rotatable bonds is 4. The van der Waals surface area contributed by atoms with E-state index >= 15 is 0 Å². The number of piperidine rings is 1. The van der Waals surface area contributed by atoms with E-state index in [1.165, 1.54) is 21.9 Å². The van der Waals surface area contributed by atoms with Gasteiger partial charge in [0.05, 0.1) is 12.2 Å². The number of sulfonamides is 1. The molecule has 21 heavy (non-hydrogen) atoms. The molecule has 1 saturated carbocycles. The van der Waals surface area contributed by atoms with Crippen molar-refractivity contribution < 1.29 is 13.2 Å². The standard InChI is InChI=1S/C12H18N4O3S2/c1-21(18,19)16-6-2-3-9(7-16)10(17)13-12-15-14-11(20-12)8-4-5-8/h8-9H,2-7H2,1H3,(H,13,15,17). The first kappa shape index (κ1) is 14.9. The van der Waals surface area contributed by atoms with E-state index in [1.807, 2.05) is 0 Å². The Morgan fingerprint density at radius 3 is 2.76 bits per heavy atom. The summed E-state index contributed by atoms with van der Waals surface area (Å²) in [6.45, 7) is 0.742. The van der Waals surface area contributed by atoms with E-state index < -0.39 is 10.0 Å². The average Bonchev–Trinajstić information content (AvgIpc) is 3.19. The van der Waals surface area contributed by atoms with Gasteiger partial charge in [-0.25, -0.2) is 12.7 Å². The van der Waals surface area contributed by atoms with Crippen LogP contribution in [0.5, 0.6) is 0 Å². The van der Waals surface area contributed by atoms with Crippen molar-refractivity contribution in [2.75, 3.05) is 24.7 Å². The van der Waals surface area contributed by atoms with Crippen LogP contribution in [0.15, 0.2) is 0 Å². The largest absolute Gasteiger partial charge is 0.300 e. The minimum Gasteiger partial charge on any atom is -0.300 e. The summed E-state index contributed by atoms with van der Waals surface area (Å²) in [5.41, 5.74) is 0. The molecule has 3 rings (SSSR count). The van der Waals surface area contributed by atoms with E-state index in [0.717, 1.165) is 17.8 Å². The lowest BCUT2D eigenvalue weighted by Gasteiger charge is -2.29. The number of anilines is 1. The third-order valence-electron chi connectivity index (χ3n) is 3.82. The zero-order valence-electron chi connectivity index (χ0n) is 11.8. The van der Waals surface area contributed by atoms with Gasteiger partial charge < -0.3 is 5.32 Å². The molecule has 1 aromatic rings. The van der Waals surface area contributed by atoms with Crippen LogP contribution in [0.1, 0.15) is 36.6 Å². The molecule has 2 heterocycles. The van der Waals surface area contributed by atoms with Gasteiger partial charge in [-0.15, -0.1) is 10.2 Å². The summed E-state index contributed by atoms with van der Waals surface area (Å²) in [6, 6.07) is 0. The van der Waals surface area contributed by atoms with E-state index in [2.05, 4.69) is 15.5 Å². The van der Waals surface area contributed by atoms with Gasteiger partial charge in [0.25, 0.3) is 0 Å². The highest BCUT2D eigenvalue weighted by Gasteiger charge is 2.31. The molecule has 1 atom stereocenters. The summed E-state index contributed by atoms with van der Waals surface area (Å²) in [4.78, 5) is 12.2. The van der Waals surface area contributed by atoms with Crippen molar-refractivity contribution in [1.82, 2.24) is 14.5 Å². The predicted octanol–water partition coefficient (Wildman–Crippen LogP) is 1.03. The monoisotopic (exact) mass is 330 g/mol. The smallest absolute Gasteiger partial charge is 0.230 e. The molecule has 0 spiro atoms. The molecule has 1 unspecified atom stereocenters. The summed E-state index contributed by atoms with van der Waals surface area (Å²) in [5, 5.41) is 12.3. The van der Waals surface area contributed by atoms with Crippen molar-refractivity contribution in [3.63, 3.8) is 0 Å². The van der Waals surface area contributed by atoms with E-state index in [0.29, 0.717) is 30.4 Å². The molecule has 0 aromatic carbocycles. The fourth-order valence-corrected chi connectivity index (χ4v) is 4.27. The number of nitrogens with zero attached hydrogens (tertiary/aromatic N) is 3. The molecule has 2 aliphatic rings. The quantitative estimate of drug-likeness (QED) is 0.890. The molecule has 9 heteroatoms. The molecule has 2 fully saturated rings. The normalized spacial score (nSPS) is 24.0. The average molecular weight is 330 g/mol. The van der Waals surface area contributed by atoms with E-state index in [1.54, 1.807) is 0 Å². The molecule has 1 N–H and O–H groups in total. The first-order chi connectivity index (χ1) is 9.93. The van der Waals surface area contributed by atoms with E-state index in [-0.39, 0.29) is 18.4 Å². The van der Waals surface area contributed by atoms with Gasteiger partial charge in [-0.05, 0) is 25.7 Å². The minimum absolute atomic E-state index is 0.165. The number of hydrogen-bond acceptors (Lipinski definition) is 6. The van der Waals surface area contributed by atoms with Gasteiger partial charge in [-0.2, -0.15) is 0 Å². The number of carbonyl (C=O) groups excluding carboxylic acids is 1. The fourth-order valence-electron chi connectivity index (χ4n) is 2.45. The lowest BCUT2D eigenvalue weighted by Crippen LogP contribution is -2.43. The van der Waals surface area contributed by atoms with Crippen LogP contribution < -0.4 is 5.32 Å². The minimum atomic E-state index is -3.24. The number of amides is 1. The van der Waals surface area contributed by atoms with Crippen LogP contribution in [0.2, 0.25) is 0 Å². The van der Waals surface area contributed by atoms with Crippen LogP contribution in [0, 0.1) is 5.92 Å². The molecule has 0 bridgehead atoms. The molecule has 1 saturated heterocycles. The second-order valence-corrected chi connectivity index (χ2v) is 8.66. The first-order valence-corrected chi connectivity index (χ1v) is 9.69. The number of hydrogen-bond donors (Lipinski definition) is 1. The van der Waals surface area contributed by atoms with Gasteiger partial charge >= 0.3 is 0 Å². The Kier molecular flexibility index (Phi) is 3.98. The highest BCUT2D eigenvalue weighted by molar-refractivity contribution is 7.88. The Morgan fingerprint density at radius 1 is 1.33 bits per heavy atom. The Morgan fingerprint density at radius 2 is 2.10 bits per heavy atom. The summed E-state index contributed by atoms with van der Waals surface area (Å²) >= 11 is 1.42. The number of nitrogens with one attached hydrogen (secondary N) is 1. The molecule has 7 nitrogen and oxygen atoms in total. The van der Waals surface area contributed by atoms with Gasteiger partial charge in [-0.3, -0.25) is 4.79 Å². The van der Waals surface area contributed by atoms with Gasteiger partial charge in [0.2, 0.25) is 21.1 Å². The summed E-state index contributed by atoms with van der Waals surface area (Å²) < 4.78 is 24.5. The van der Waals surface area contributed by atoms with Gasteiger partial charge in [-0.1, -0.05) is 11.3 Å². The molecule has 1 aliphatic heterocycles. The fraction of sp³-hybridized carbons (Fsp3) is 0.750. The maximum Gasteiger partial charge on any atom is 0.230 e. The van der Waals surface area contributed by atoms with Crippen LogP contribution in [0.4, 0.5) is 5.13 Å². The van der Waals surface area contributed by atoms with E-state index in [9.17, 15) is 13.2 Å². The maximum absolute atomic E-state index is 12.2. The molecule has 0 radical (unpaired) electrons. The van der Waals surface area contributed by atoms with E-state index in [4.69, 9.17) is 0 Å². The third kappa shape index (κ3) is 3.58. The van der Waals surface area contributed by atoms with Crippen LogP contribution in [0.25, 0.3) is 0 Å². The van der Waals surface area contributed by atoms with Crippen molar-refractivity contribution in [1.29, 1.82) is 0 Å².